The smallest absolute Gasteiger partial charge is 0.234 e. The number of hydrogen-bond donors (Lipinski definition) is 1. The summed E-state index contributed by atoms with van der Waals surface area (Å²) in [5.41, 5.74) is 1.54. The lowest BCUT2D eigenvalue weighted by Gasteiger charge is -2.22. The number of aromatic nitrogens is 1. The minimum absolute atomic E-state index is 0.0715. The fourth-order valence-electron chi connectivity index (χ4n) is 2.87. The molecule has 8 heteroatoms. The molecule has 2 aromatic rings. The van der Waals surface area contributed by atoms with E-state index in [0.29, 0.717) is 25.3 Å². The molecule has 1 fully saturated rings. The molecule has 1 aliphatic heterocycles. The quantitative estimate of drug-likeness (QED) is 0.819. The number of carbonyl (C=O) groups is 1. The van der Waals surface area contributed by atoms with E-state index < -0.39 is 9.84 Å². The Balaban J connectivity index is 1.44. The van der Waals surface area contributed by atoms with Crippen molar-refractivity contribution in [2.75, 3.05) is 31.6 Å². The van der Waals surface area contributed by atoms with Crippen LogP contribution in [0.15, 0.2) is 28.7 Å². The monoisotopic (exact) mass is 351 g/mol. The minimum atomic E-state index is -2.94. The number of oxazole rings is 1. The van der Waals surface area contributed by atoms with Gasteiger partial charge in [0.05, 0.1) is 18.1 Å². The van der Waals surface area contributed by atoms with E-state index in [-0.39, 0.29) is 30.0 Å². The van der Waals surface area contributed by atoms with Gasteiger partial charge in [0.2, 0.25) is 5.91 Å². The molecule has 130 valence electrons. The molecule has 1 aromatic carbocycles. The normalized spacial score (nSPS) is 19.8. The van der Waals surface area contributed by atoms with Crippen LogP contribution in [0.25, 0.3) is 11.1 Å². The van der Waals surface area contributed by atoms with Gasteiger partial charge in [-0.3, -0.25) is 9.69 Å². The number of fused-ring (bicyclic) bond motifs is 1. The van der Waals surface area contributed by atoms with Gasteiger partial charge in [0.1, 0.15) is 5.52 Å². The molecule has 24 heavy (non-hydrogen) atoms. The van der Waals surface area contributed by atoms with Gasteiger partial charge in [0.25, 0.3) is 0 Å². The third-order valence-electron chi connectivity index (χ3n) is 4.22. The largest absolute Gasteiger partial charge is 0.441 e. The average Bonchev–Trinajstić information content (AvgIpc) is 3.09. The number of hydrogen-bond acceptors (Lipinski definition) is 6. The molecule has 0 radical (unpaired) electrons. The van der Waals surface area contributed by atoms with Crippen LogP contribution in [0.5, 0.6) is 0 Å². The summed E-state index contributed by atoms with van der Waals surface area (Å²) in [6.45, 7) is 0.621. The zero-order valence-electron chi connectivity index (χ0n) is 13.6. The topological polar surface area (TPSA) is 92.5 Å². The third kappa shape index (κ3) is 4.12. The lowest BCUT2D eigenvalue weighted by atomic mass is 10.2. The molecule has 0 unspecified atom stereocenters. The zero-order chi connectivity index (χ0) is 17.2. The van der Waals surface area contributed by atoms with Crippen molar-refractivity contribution in [2.24, 2.45) is 0 Å². The van der Waals surface area contributed by atoms with Gasteiger partial charge < -0.3 is 9.73 Å². The highest BCUT2D eigenvalue weighted by atomic mass is 32.2. The van der Waals surface area contributed by atoms with Crippen LogP contribution in [-0.2, 0) is 21.1 Å². The second kappa shape index (κ2) is 6.90. The predicted octanol–water partition coefficient (Wildman–Crippen LogP) is 0.605. The number of rotatable bonds is 6. The summed E-state index contributed by atoms with van der Waals surface area (Å²) in [4.78, 5) is 18.1. The predicted molar refractivity (Wildman–Crippen MR) is 90.4 cm³/mol. The fourth-order valence-corrected chi connectivity index (χ4v) is 4.68. The summed E-state index contributed by atoms with van der Waals surface area (Å²) in [5, 5.41) is 2.82. The van der Waals surface area contributed by atoms with Gasteiger partial charge in [-0.2, -0.15) is 0 Å². The molecule has 7 nitrogen and oxygen atoms in total. The van der Waals surface area contributed by atoms with E-state index in [0.717, 1.165) is 11.1 Å². The van der Waals surface area contributed by atoms with Crippen molar-refractivity contribution >= 4 is 26.8 Å². The summed E-state index contributed by atoms with van der Waals surface area (Å²) in [6.07, 6.45) is 1.11. The maximum atomic E-state index is 12.0. The van der Waals surface area contributed by atoms with E-state index in [4.69, 9.17) is 4.42 Å². The van der Waals surface area contributed by atoms with E-state index in [1.807, 2.05) is 24.3 Å². The number of carbonyl (C=O) groups excluding carboxylic acids is 1. The highest BCUT2D eigenvalue weighted by Crippen LogP contribution is 2.16. The van der Waals surface area contributed by atoms with Crippen LogP contribution < -0.4 is 5.32 Å². The van der Waals surface area contributed by atoms with Crippen LogP contribution >= 0.6 is 0 Å². The number of amides is 1. The van der Waals surface area contributed by atoms with E-state index in [2.05, 4.69) is 10.3 Å². The van der Waals surface area contributed by atoms with Crippen LogP contribution in [0.1, 0.15) is 12.3 Å². The molecule has 0 bridgehead atoms. The molecule has 1 saturated heterocycles. The Hall–Kier alpha value is -1.93. The maximum absolute atomic E-state index is 12.0. The number of nitrogens with zero attached hydrogens (tertiary/aromatic N) is 2. The number of sulfone groups is 1. The summed E-state index contributed by atoms with van der Waals surface area (Å²) in [6, 6.07) is 7.45. The van der Waals surface area contributed by atoms with Crippen molar-refractivity contribution in [3.63, 3.8) is 0 Å². The SMILES string of the molecule is CN(CC(=O)NCCc1nc2ccccc2o1)[C@H]1CCS(=O)(=O)C1. The standard InChI is InChI=1S/C16H21N3O4S/c1-19(12-7-9-24(21,22)11-12)10-15(20)17-8-6-16-18-13-4-2-3-5-14(13)23-16/h2-5,12H,6-11H2,1H3,(H,17,20)/t12-/m0/s1. The molecule has 1 amide bonds. The second-order valence-corrected chi connectivity index (χ2v) is 8.38. The number of likely N-dealkylation sites (N-methyl/N-ethyl adjacent to an activating group) is 1. The minimum Gasteiger partial charge on any atom is -0.441 e. The molecule has 1 aromatic heterocycles. The molecule has 1 N–H and O–H groups in total. The van der Waals surface area contributed by atoms with E-state index in [1.165, 1.54) is 0 Å². The lowest BCUT2D eigenvalue weighted by molar-refractivity contribution is -0.122. The van der Waals surface area contributed by atoms with Crippen molar-refractivity contribution in [2.45, 2.75) is 18.9 Å². The van der Waals surface area contributed by atoms with Crippen molar-refractivity contribution in [3.8, 4) is 0 Å². The molecule has 2 heterocycles. The Morgan fingerprint density at radius 1 is 1.42 bits per heavy atom. The lowest BCUT2D eigenvalue weighted by Crippen LogP contribution is -2.41. The zero-order valence-corrected chi connectivity index (χ0v) is 14.4. The average molecular weight is 351 g/mol. The van der Waals surface area contributed by atoms with Crippen molar-refractivity contribution < 1.29 is 17.6 Å². The van der Waals surface area contributed by atoms with Crippen LogP contribution in [0.3, 0.4) is 0 Å². The first-order chi connectivity index (χ1) is 11.4. The van der Waals surface area contributed by atoms with Crippen molar-refractivity contribution in [3.05, 3.63) is 30.2 Å². The van der Waals surface area contributed by atoms with Crippen LogP contribution in [-0.4, -0.2) is 61.9 Å². The molecule has 0 saturated carbocycles. The molecule has 1 aliphatic rings. The number of benzene rings is 1. The summed E-state index contributed by atoms with van der Waals surface area (Å²) in [7, 11) is -1.15. The van der Waals surface area contributed by atoms with E-state index >= 15 is 0 Å². The first-order valence-electron chi connectivity index (χ1n) is 7.95. The number of nitrogens with one attached hydrogen (secondary N) is 1. The van der Waals surface area contributed by atoms with Crippen molar-refractivity contribution in [1.82, 2.24) is 15.2 Å². The summed E-state index contributed by atoms with van der Waals surface area (Å²) >= 11 is 0. The first-order valence-corrected chi connectivity index (χ1v) is 9.77. The molecular formula is C16H21N3O4S. The van der Waals surface area contributed by atoms with E-state index in [9.17, 15) is 13.2 Å². The van der Waals surface area contributed by atoms with Crippen LogP contribution in [0.4, 0.5) is 0 Å². The Kier molecular flexibility index (Phi) is 4.86. The second-order valence-electron chi connectivity index (χ2n) is 6.15. The molecular weight excluding hydrogens is 330 g/mol. The summed E-state index contributed by atoms with van der Waals surface area (Å²) in [5.74, 6) is 0.811. The highest BCUT2D eigenvalue weighted by Gasteiger charge is 2.31. The van der Waals surface area contributed by atoms with E-state index in [1.54, 1.807) is 11.9 Å². The summed E-state index contributed by atoms with van der Waals surface area (Å²) < 4.78 is 28.6. The molecule has 0 spiro atoms. The maximum Gasteiger partial charge on any atom is 0.234 e. The molecule has 0 aliphatic carbocycles. The Labute approximate surface area is 141 Å². The van der Waals surface area contributed by atoms with Gasteiger partial charge in [-0.15, -0.1) is 0 Å². The van der Waals surface area contributed by atoms with Gasteiger partial charge >= 0.3 is 0 Å². The number of para-hydroxylation sites is 2. The fraction of sp³-hybridized carbons (Fsp3) is 0.500. The molecule has 1 atom stereocenters. The highest BCUT2D eigenvalue weighted by molar-refractivity contribution is 7.91. The first kappa shape index (κ1) is 16.9. The Morgan fingerprint density at radius 3 is 2.92 bits per heavy atom. The molecule has 3 rings (SSSR count). The Bertz CT molecular complexity index is 798. The van der Waals surface area contributed by atoms with Crippen molar-refractivity contribution in [1.29, 1.82) is 0 Å². The van der Waals surface area contributed by atoms with Gasteiger partial charge in [-0.05, 0) is 25.6 Å². The Morgan fingerprint density at radius 2 is 2.21 bits per heavy atom. The van der Waals surface area contributed by atoms with Crippen LogP contribution in [0.2, 0.25) is 0 Å². The van der Waals surface area contributed by atoms with Gasteiger partial charge in [-0.25, -0.2) is 13.4 Å². The third-order valence-corrected chi connectivity index (χ3v) is 5.97. The van der Waals surface area contributed by atoms with Gasteiger partial charge in [0.15, 0.2) is 21.3 Å². The van der Waals surface area contributed by atoms with Gasteiger partial charge in [0, 0.05) is 19.0 Å². The van der Waals surface area contributed by atoms with Crippen LogP contribution in [0, 0.1) is 0 Å². The van der Waals surface area contributed by atoms with Gasteiger partial charge in [-0.1, -0.05) is 12.1 Å².